The number of carboxylic acid groups (broad SMARTS) is 1. The number of carbonyl (C=O) groups is 2. The maximum atomic E-state index is 11.2. The molecule has 0 bridgehead atoms. The maximum Gasteiger partial charge on any atom is 0.307 e. The Bertz CT molecular complexity index is 364. The highest BCUT2D eigenvalue weighted by atomic mass is 79.9. The lowest BCUT2D eigenvalue weighted by Crippen LogP contribution is -2.33. The van der Waals surface area contributed by atoms with Crippen LogP contribution in [-0.2, 0) is 20.9 Å². The molecule has 0 saturated carbocycles. The minimum Gasteiger partial charge on any atom is -0.549 e. The maximum absolute atomic E-state index is 11.2. The van der Waals surface area contributed by atoms with E-state index < -0.39 is 16.8 Å². The lowest BCUT2D eigenvalue weighted by atomic mass is 10.2. The second-order valence-electron chi connectivity index (χ2n) is 3.14. The summed E-state index contributed by atoms with van der Waals surface area (Å²) in [5, 5.41) is 10.3. The van der Waals surface area contributed by atoms with E-state index in [9.17, 15) is 14.7 Å². The van der Waals surface area contributed by atoms with Gasteiger partial charge in [-0.05, 0) is 5.56 Å². The van der Waals surface area contributed by atoms with Crippen LogP contribution >= 0.6 is 15.9 Å². The van der Waals surface area contributed by atoms with Crippen LogP contribution in [0.25, 0.3) is 0 Å². The molecule has 16 heavy (non-hydrogen) atoms. The number of hydrogen-bond donors (Lipinski definition) is 0. The molecule has 1 atom stereocenters. The standard InChI is InChI=1S/C11H11BrO4/c12-9(11(14)15)6-10(13)16-7-8-4-2-1-3-5-8/h1-5,9H,6-7H2,(H,14,15)/p-1. The van der Waals surface area contributed by atoms with Crippen LogP contribution in [0.4, 0.5) is 0 Å². The minimum atomic E-state index is -1.32. The second kappa shape index (κ2) is 6.27. The topological polar surface area (TPSA) is 66.4 Å². The van der Waals surface area contributed by atoms with Crippen molar-refractivity contribution < 1.29 is 19.4 Å². The average molecular weight is 286 g/mol. The molecule has 1 rings (SSSR count). The molecule has 0 aliphatic rings. The van der Waals surface area contributed by atoms with Gasteiger partial charge in [-0.15, -0.1) is 0 Å². The number of carboxylic acids is 1. The van der Waals surface area contributed by atoms with Crippen molar-refractivity contribution in [1.29, 1.82) is 0 Å². The van der Waals surface area contributed by atoms with Crippen molar-refractivity contribution >= 4 is 27.9 Å². The SMILES string of the molecule is O=C(CC(Br)C(=O)[O-])OCc1ccccc1. The molecule has 1 aromatic rings. The molecule has 86 valence electrons. The first-order valence-corrected chi connectivity index (χ1v) is 5.55. The van der Waals surface area contributed by atoms with E-state index in [4.69, 9.17) is 4.74 Å². The number of carbonyl (C=O) groups excluding carboxylic acids is 2. The smallest absolute Gasteiger partial charge is 0.307 e. The molecule has 5 heteroatoms. The van der Waals surface area contributed by atoms with E-state index in [1.807, 2.05) is 30.3 Å². The summed E-state index contributed by atoms with van der Waals surface area (Å²) in [6, 6.07) is 9.15. The van der Waals surface area contributed by atoms with Crippen LogP contribution in [-0.4, -0.2) is 16.8 Å². The van der Waals surface area contributed by atoms with Gasteiger partial charge in [0, 0.05) is 0 Å². The zero-order valence-electron chi connectivity index (χ0n) is 8.39. The fourth-order valence-corrected chi connectivity index (χ4v) is 1.29. The number of rotatable bonds is 5. The molecular weight excluding hydrogens is 276 g/mol. The van der Waals surface area contributed by atoms with Crippen LogP contribution < -0.4 is 5.11 Å². The van der Waals surface area contributed by atoms with Gasteiger partial charge in [0.15, 0.2) is 0 Å². The third-order valence-corrected chi connectivity index (χ3v) is 2.54. The van der Waals surface area contributed by atoms with Crippen molar-refractivity contribution in [3.63, 3.8) is 0 Å². The number of hydrogen-bond acceptors (Lipinski definition) is 4. The Balaban J connectivity index is 2.33. The number of alkyl halides is 1. The predicted molar refractivity (Wildman–Crippen MR) is 58.6 cm³/mol. The summed E-state index contributed by atoms with van der Waals surface area (Å²) in [5.41, 5.74) is 0.857. The van der Waals surface area contributed by atoms with Gasteiger partial charge in [0.2, 0.25) is 0 Å². The normalized spacial score (nSPS) is 11.8. The van der Waals surface area contributed by atoms with Crippen molar-refractivity contribution in [2.45, 2.75) is 17.9 Å². The summed E-state index contributed by atoms with van der Waals surface area (Å²) >= 11 is 2.81. The molecule has 0 aliphatic heterocycles. The van der Waals surface area contributed by atoms with Gasteiger partial charge in [-0.25, -0.2) is 0 Å². The summed E-state index contributed by atoms with van der Waals surface area (Å²) in [4.78, 5) is 20.5. The van der Waals surface area contributed by atoms with Gasteiger partial charge in [0.05, 0.1) is 17.2 Å². The molecule has 0 N–H and O–H groups in total. The Morgan fingerprint density at radius 2 is 1.94 bits per heavy atom. The molecule has 0 fully saturated rings. The van der Waals surface area contributed by atoms with Gasteiger partial charge in [-0.1, -0.05) is 46.3 Å². The Morgan fingerprint density at radius 3 is 2.50 bits per heavy atom. The molecule has 1 unspecified atom stereocenters. The first-order valence-electron chi connectivity index (χ1n) is 4.64. The summed E-state index contributed by atoms with van der Waals surface area (Å²) in [7, 11) is 0. The van der Waals surface area contributed by atoms with Crippen LogP contribution in [0.5, 0.6) is 0 Å². The van der Waals surface area contributed by atoms with E-state index >= 15 is 0 Å². The van der Waals surface area contributed by atoms with E-state index in [0.29, 0.717) is 0 Å². The van der Waals surface area contributed by atoms with Crippen molar-refractivity contribution in [3.05, 3.63) is 35.9 Å². The van der Waals surface area contributed by atoms with Crippen LogP contribution in [0, 0.1) is 0 Å². The highest BCUT2D eigenvalue weighted by Crippen LogP contribution is 2.07. The number of ether oxygens (including phenoxy) is 1. The van der Waals surface area contributed by atoms with Crippen LogP contribution in [0.15, 0.2) is 30.3 Å². The molecule has 0 radical (unpaired) electrons. The average Bonchev–Trinajstić information content (AvgIpc) is 2.27. The quantitative estimate of drug-likeness (QED) is 0.588. The molecular formula is C11H10BrO4-. The van der Waals surface area contributed by atoms with Gasteiger partial charge < -0.3 is 14.6 Å². The highest BCUT2D eigenvalue weighted by molar-refractivity contribution is 9.10. The zero-order chi connectivity index (χ0) is 12.0. The number of benzene rings is 1. The summed E-state index contributed by atoms with van der Waals surface area (Å²) < 4.78 is 4.89. The van der Waals surface area contributed by atoms with Crippen molar-refractivity contribution in [1.82, 2.24) is 0 Å². The summed E-state index contributed by atoms with van der Waals surface area (Å²) in [6.45, 7) is 0.145. The van der Waals surface area contributed by atoms with Crippen LogP contribution in [0.3, 0.4) is 0 Å². The fraction of sp³-hybridized carbons (Fsp3) is 0.273. The molecule has 0 spiro atoms. The molecule has 0 aliphatic carbocycles. The monoisotopic (exact) mass is 285 g/mol. The summed E-state index contributed by atoms with van der Waals surface area (Å²) in [6.07, 6.45) is -0.241. The molecule has 4 nitrogen and oxygen atoms in total. The van der Waals surface area contributed by atoms with Crippen molar-refractivity contribution in [2.24, 2.45) is 0 Å². The molecule has 0 heterocycles. The third kappa shape index (κ3) is 4.44. The first-order chi connectivity index (χ1) is 7.59. The van der Waals surface area contributed by atoms with Crippen molar-refractivity contribution in [3.8, 4) is 0 Å². The van der Waals surface area contributed by atoms with Crippen LogP contribution in [0.1, 0.15) is 12.0 Å². The fourth-order valence-electron chi connectivity index (χ4n) is 1.03. The zero-order valence-corrected chi connectivity index (χ0v) is 9.98. The number of halogens is 1. The Hall–Kier alpha value is -1.36. The van der Waals surface area contributed by atoms with Gasteiger partial charge in [0.1, 0.15) is 6.61 Å². The van der Waals surface area contributed by atoms with Crippen LogP contribution in [0.2, 0.25) is 0 Å². The van der Waals surface area contributed by atoms with E-state index in [-0.39, 0.29) is 13.0 Å². The number of aliphatic carboxylic acids is 1. The lowest BCUT2D eigenvalue weighted by molar-refractivity contribution is -0.304. The van der Waals surface area contributed by atoms with E-state index in [0.717, 1.165) is 5.56 Å². The van der Waals surface area contributed by atoms with E-state index in [1.165, 1.54) is 0 Å². The second-order valence-corrected chi connectivity index (χ2v) is 4.24. The summed E-state index contributed by atoms with van der Waals surface area (Å²) in [5.74, 6) is -1.90. The molecule has 0 saturated heterocycles. The first kappa shape index (κ1) is 12.7. The molecule has 1 aromatic carbocycles. The van der Waals surface area contributed by atoms with Crippen molar-refractivity contribution in [2.75, 3.05) is 0 Å². The molecule has 0 aromatic heterocycles. The Morgan fingerprint density at radius 1 is 1.31 bits per heavy atom. The largest absolute Gasteiger partial charge is 0.549 e. The van der Waals surface area contributed by atoms with E-state index in [1.54, 1.807) is 0 Å². The van der Waals surface area contributed by atoms with Gasteiger partial charge >= 0.3 is 5.97 Å². The third-order valence-electron chi connectivity index (χ3n) is 1.84. The Kier molecular flexibility index (Phi) is 4.98. The highest BCUT2D eigenvalue weighted by Gasteiger charge is 2.12. The van der Waals surface area contributed by atoms with Gasteiger partial charge in [0.25, 0.3) is 0 Å². The molecule has 0 amide bonds. The van der Waals surface area contributed by atoms with E-state index in [2.05, 4.69) is 15.9 Å². The van der Waals surface area contributed by atoms with Gasteiger partial charge in [-0.2, -0.15) is 0 Å². The minimum absolute atomic E-state index is 0.145. The van der Waals surface area contributed by atoms with Gasteiger partial charge in [-0.3, -0.25) is 4.79 Å². The predicted octanol–water partition coefficient (Wildman–Crippen LogP) is 0.633. The number of esters is 1. The lowest BCUT2D eigenvalue weighted by Gasteiger charge is -2.10. The Labute approximate surface area is 101 Å².